The van der Waals surface area contributed by atoms with Crippen LogP contribution < -0.4 is 14.8 Å². The lowest BCUT2D eigenvalue weighted by Gasteiger charge is -2.12. The summed E-state index contributed by atoms with van der Waals surface area (Å²) in [6.07, 6.45) is 0.179. The second kappa shape index (κ2) is 9.83. The molecule has 24 heavy (non-hydrogen) atoms. The van der Waals surface area contributed by atoms with E-state index in [0.717, 1.165) is 23.7 Å². The van der Waals surface area contributed by atoms with Crippen molar-refractivity contribution in [3.05, 3.63) is 54.1 Å². The Balaban J connectivity index is 1.87. The van der Waals surface area contributed by atoms with Crippen LogP contribution in [0.5, 0.6) is 11.5 Å². The number of ether oxygens (including phenoxy) is 3. The molecule has 4 nitrogen and oxygen atoms in total. The van der Waals surface area contributed by atoms with E-state index in [1.54, 1.807) is 0 Å². The first-order chi connectivity index (χ1) is 11.7. The van der Waals surface area contributed by atoms with E-state index in [0.29, 0.717) is 19.8 Å². The SMILES string of the molecule is CCOCCOc1cccc(NCc2cccc(OC(C)C)c2)c1. The lowest BCUT2D eigenvalue weighted by molar-refractivity contribution is 0.110. The van der Waals surface area contributed by atoms with Gasteiger partial charge in [-0.1, -0.05) is 18.2 Å². The Bertz CT molecular complexity index is 613. The van der Waals surface area contributed by atoms with E-state index >= 15 is 0 Å². The minimum atomic E-state index is 0.179. The average Bonchev–Trinajstić information content (AvgIpc) is 2.57. The van der Waals surface area contributed by atoms with Crippen LogP contribution in [0.2, 0.25) is 0 Å². The summed E-state index contributed by atoms with van der Waals surface area (Å²) in [5.41, 5.74) is 2.20. The molecule has 2 aromatic rings. The van der Waals surface area contributed by atoms with Gasteiger partial charge in [0, 0.05) is 24.9 Å². The van der Waals surface area contributed by atoms with Gasteiger partial charge in [-0.25, -0.2) is 0 Å². The molecule has 0 aliphatic heterocycles. The Morgan fingerprint density at radius 2 is 1.75 bits per heavy atom. The Labute approximate surface area is 144 Å². The first-order valence-electron chi connectivity index (χ1n) is 8.47. The molecule has 2 rings (SSSR count). The van der Waals surface area contributed by atoms with Crippen molar-refractivity contribution in [2.45, 2.75) is 33.4 Å². The summed E-state index contributed by atoms with van der Waals surface area (Å²) in [6.45, 7) is 8.65. The van der Waals surface area contributed by atoms with Crippen molar-refractivity contribution in [3.8, 4) is 11.5 Å². The van der Waals surface area contributed by atoms with Crippen LogP contribution in [0.4, 0.5) is 5.69 Å². The summed E-state index contributed by atoms with van der Waals surface area (Å²) < 4.78 is 16.7. The van der Waals surface area contributed by atoms with Crippen LogP contribution in [0.15, 0.2) is 48.5 Å². The van der Waals surface area contributed by atoms with Crippen LogP contribution in [0.3, 0.4) is 0 Å². The standard InChI is InChI=1S/C20H27NO3/c1-4-22-11-12-23-19-9-6-8-18(14-19)21-15-17-7-5-10-20(13-17)24-16(2)3/h5-10,13-14,16,21H,4,11-12,15H2,1-3H3. The molecule has 0 bridgehead atoms. The molecule has 0 atom stereocenters. The Morgan fingerprint density at radius 3 is 2.54 bits per heavy atom. The summed E-state index contributed by atoms with van der Waals surface area (Å²) in [5, 5.41) is 3.42. The Hall–Kier alpha value is -2.20. The molecule has 1 N–H and O–H groups in total. The number of anilines is 1. The zero-order valence-corrected chi connectivity index (χ0v) is 14.7. The third-order valence-corrected chi connectivity index (χ3v) is 3.30. The molecular formula is C20H27NO3. The largest absolute Gasteiger partial charge is 0.491 e. The predicted molar refractivity (Wildman–Crippen MR) is 98.0 cm³/mol. The van der Waals surface area contributed by atoms with Crippen LogP contribution >= 0.6 is 0 Å². The van der Waals surface area contributed by atoms with Gasteiger partial charge in [-0.05, 0) is 50.6 Å². The zero-order valence-electron chi connectivity index (χ0n) is 14.7. The number of hydrogen-bond donors (Lipinski definition) is 1. The third-order valence-electron chi connectivity index (χ3n) is 3.30. The van der Waals surface area contributed by atoms with Crippen LogP contribution in [0.1, 0.15) is 26.3 Å². The molecule has 0 radical (unpaired) electrons. The van der Waals surface area contributed by atoms with E-state index in [4.69, 9.17) is 14.2 Å². The number of hydrogen-bond acceptors (Lipinski definition) is 4. The number of rotatable bonds is 10. The molecular weight excluding hydrogens is 302 g/mol. The molecule has 130 valence electrons. The minimum Gasteiger partial charge on any atom is -0.491 e. The van der Waals surface area contributed by atoms with E-state index < -0.39 is 0 Å². The molecule has 0 fully saturated rings. The molecule has 4 heteroatoms. The van der Waals surface area contributed by atoms with E-state index in [1.807, 2.05) is 57.2 Å². The summed E-state index contributed by atoms with van der Waals surface area (Å²) in [5.74, 6) is 1.74. The molecule has 0 saturated heterocycles. The van der Waals surface area contributed by atoms with Crippen molar-refractivity contribution in [2.75, 3.05) is 25.1 Å². The molecule has 0 heterocycles. The fourth-order valence-corrected chi connectivity index (χ4v) is 2.26. The summed E-state index contributed by atoms with van der Waals surface area (Å²) in [7, 11) is 0. The molecule has 0 saturated carbocycles. The van der Waals surface area contributed by atoms with Gasteiger partial charge in [0.05, 0.1) is 12.7 Å². The maximum Gasteiger partial charge on any atom is 0.121 e. The van der Waals surface area contributed by atoms with Gasteiger partial charge in [0.25, 0.3) is 0 Å². The molecule has 2 aromatic carbocycles. The van der Waals surface area contributed by atoms with Crippen LogP contribution in [-0.4, -0.2) is 25.9 Å². The van der Waals surface area contributed by atoms with Crippen molar-refractivity contribution >= 4 is 5.69 Å². The average molecular weight is 329 g/mol. The fourth-order valence-electron chi connectivity index (χ4n) is 2.26. The smallest absolute Gasteiger partial charge is 0.121 e. The van der Waals surface area contributed by atoms with Gasteiger partial charge in [0.2, 0.25) is 0 Å². The van der Waals surface area contributed by atoms with Gasteiger partial charge >= 0.3 is 0 Å². The van der Waals surface area contributed by atoms with Crippen LogP contribution in [0, 0.1) is 0 Å². The molecule has 0 aliphatic rings. The van der Waals surface area contributed by atoms with Crippen LogP contribution in [0.25, 0.3) is 0 Å². The molecule has 0 aromatic heterocycles. The van der Waals surface area contributed by atoms with Crippen molar-refractivity contribution in [2.24, 2.45) is 0 Å². The highest BCUT2D eigenvalue weighted by Gasteiger charge is 2.01. The third kappa shape index (κ3) is 6.50. The van der Waals surface area contributed by atoms with Gasteiger partial charge in [-0.15, -0.1) is 0 Å². The normalized spacial score (nSPS) is 10.7. The number of nitrogens with one attached hydrogen (secondary N) is 1. The molecule has 0 unspecified atom stereocenters. The maximum atomic E-state index is 5.73. The zero-order chi connectivity index (χ0) is 17.2. The van der Waals surface area contributed by atoms with Crippen molar-refractivity contribution in [1.82, 2.24) is 0 Å². The quantitative estimate of drug-likeness (QED) is 0.651. The van der Waals surface area contributed by atoms with E-state index in [1.165, 1.54) is 5.56 Å². The van der Waals surface area contributed by atoms with Gasteiger partial charge in [0.15, 0.2) is 0 Å². The Kier molecular flexibility index (Phi) is 7.43. The highest BCUT2D eigenvalue weighted by Crippen LogP contribution is 2.19. The van der Waals surface area contributed by atoms with Crippen molar-refractivity contribution in [1.29, 1.82) is 0 Å². The second-order valence-electron chi connectivity index (χ2n) is 5.74. The lowest BCUT2D eigenvalue weighted by atomic mass is 10.2. The lowest BCUT2D eigenvalue weighted by Crippen LogP contribution is -2.07. The predicted octanol–water partition coefficient (Wildman–Crippen LogP) is 4.50. The van der Waals surface area contributed by atoms with Gasteiger partial charge in [-0.3, -0.25) is 0 Å². The van der Waals surface area contributed by atoms with E-state index in [2.05, 4.69) is 17.4 Å². The molecule has 0 spiro atoms. The van der Waals surface area contributed by atoms with Crippen molar-refractivity contribution < 1.29 is 14.2 Å². The van der Waals surface area contributed by atoms with Crippen molar-refractivity contribution in [3.63, 3.8) is 0 Å². The first kappa shape index (κ1) is 18.1. The van der Waals surface area contributed by atoms with Gasteiger partial charge < -0.3 is 19.5 Å². The first-order valence-corrected chi connectivity index (χ1v) is 8.47. The summed E-state index contributed by atoms with van der Waals surface area (Å²) >= 11 is 0. The summed E-state index contributed by atoms with van der Waals surface area (Å²) in [6, 6.07) is 16.1. The highest BCUT2D eigenvalue weighted by molar-refractivity contribution is 5.48. The highest BCUT2D eigenvalue weighted by atomic mass is 16.5. The molecule has 0 aliphatic carbocycles. The van der Waals surface area contributed by atoms with E-state index in [9.17, 15) is 0 Å². The van der Waals surface area contributed by atoms with Gasteiger partial charge in [-0.2, -0.15) is 0 Å². The topological polar surface area (TPSA) is 39.7 Å². The van der Waals surface area contributed by atoms with E-state index in [-0.39, 0.29) is 6.10 Å². The van der Waals surface area contributed by atoms with Crippen LogP contribution in [-0.2, 0) is 11.3 Å². The Morgan fingerprint density at radius 1 is 0.958 bits per heavy atom. The minimum absolute atomic E-state index is 0.179. The molecule has 0 amide bonds. The monoisotopic (exact) mass is 329 g/mol. The summed E-state index contributed by atoms with van der Waals surface area (Å²) in [4.78, 5) is 0. The maximum absolute atomic E-state index is 5.73. The van der Waals surface area contributed by atoms with Gasteiger partial charge in [0.1, 0.15) is 18.1 Å². The number of benzene rings is 2. The second-order valence-corrected chi connectivity index (χ2v) is 5.74. The fraction of sp³-hybridized carbons (Fsp3) is 0.400.